The third-order valence-electron chi connectivity index (χ3n) is 9.47. The Balaban J connectivity index is 1.23. The lowest BCUT2D eigenvalue weighted by Crippen LogP contribution is -2.06. The van der Waals surface area contributed by atoms with Gasteiger partial charge in [0.1, 0.15) is 0 Å². The summed E-state index contributed by atoms with van der Waals surface area (Å²) >= 11 is 1.86. The van der Waals surface area contributed by atoms with E-state index in [-0.39, 0.29) is 0 Å². The van der Waals surface area contributed by atoms with Crippen molar-refractivity contribution in [3.05, 3.63) is 170 Å². The molecule has 0 aliphatic carbocycles. The van der Waals surface area contributed by atoms with Crippen LogP contribution in [0.2, 0.25) is 0 Å². The second-order valence-electron chi connectivity index (χ2n) is 12.4. The van der Waals surface area contributed by atoms with Gasteiger partial charge in [-0.3, -0.25) is 4.57 Å². The number of benzene rings is 7. The van der Waals surface area contributed by atoms with E-state index in [0.29, 0.717) is 17.6 Å². The summed E-state index contributed by atoms with van der Waals surface area (Å²) in [5.41, 5.74) is 8.69. The molecule has 0 N–H and O–H groups in total. The Labute approximate surface area is 292 Å². The minimum Gasteiger partial charge on any atom is -0.277 e. The van der Waals surface area contributed by atoms with E-state index in [9.17, 15) is 0 Å². The fourth-order valence-electron chi connectivity index (χ4n) is 7.19. The van der Waals surface area contributed by atoms with Crippen LogP contribution in [-0.2, 0) is 0 Å². The largest absolute Gasteiger partial charge is 0.277 e. The number of fused-ring (bicyclic) bond motifs is 6. The molecule has 50 heavy (non-hydrogen) atoms. The summed E-state index contributed by atoms with van der Waals surface area (Å²) in [6.07, 6.45) is 0. The molecule has 5 heteroatoms. The molecule has 0 saturated carbocycles. The van der Waals surface area contributed by atoms with Crippen molar-refractivity contribution < 1.29 is 0 Å². The molecule has 3 heterocycles. The molecule has 0 saturated heterocycles. The summed E-state index contributed by atoms with van der Waals surface area (Å²) in [7, 11) is 0. The Bertz CT molecular complexity index is 2810. The van der Waals surface area contributed by atoms with Crippen LogP contribution >= 0.6 is 11.3 Å². The van der Waals surface area contributed by atoms with E-state index in [1.807, 2.05) is 72.0 Å². The molecule has 10 rings (SSSR count). The average Bonchev–Trinajstić information content (AvgIpc) is 3.75. The second-order valence-corrected chi connectivity index (χ2v) is 13.5. The van der Waals surface area contributed by atoms with E-state index in [4.69, 9.17) is 15.0 Å². The van der Waals surface area contributed by atoms with Gasteiger partial charge < -0.3 is 0 Å². The zero-order valence-electron chi connectivity index (χ0n) is 26.9. The topological polar surface area (TPSA) is 43.6 Å². The normalized spacial score (nSPS) is 11.6. The third-order valence-corrected chi connectivity index (χ3v) is 10.7. The van der Waals surface area contributed by atoms with Crippen LogP contribution in [0.4, 0.5) is 0 Å². The lowest BCUT2D eigenvalue weighted by Gasteiger charge is -2.13. The number of aromatic nitrogens is 4. The highest BCUT2D eigenvalue weighted by molar-refractivity contribution is 7.26. The van der Waals surface area contributed by atoms with Gasteiger partial charge in [-0.25, -0.2) is 4.98 Å². The van der Waals surface area contributed by atoms with Gasteiger partial charge in [0.05, 0.1) is 11.0 Å². The van der Waals surface area contributed by atoms with E-state index >= 15 is 0 Å². The van der Waals surface area contributed by atoms with Crippen LogP contribution in [0, 0.1) is 0 Å². The van der Waals surface area contributed by atoms with Crippen LogP contribution in [0.15, 0.2) is 170 Å². The summed E-state index contributed by atoms with van der Waals surface area (Å²) in [4.78, 5) is 15.3. The molecular formula is C45H28N4S. The molecule has 4 nitrogen and oxygen atoms in total. The van der Waals surface area contributed by atoms with E-state index in [1.165, 1.54) is 31.3 Å². The summed E-state index contributed by atoms with van der Waals surface area (Å²) in [6, 6.07) is 59.7. The van der Waals surface area contributed by atoms with Crippen LogP contribution in [0.1, 0.15) is 0 Å². The standard InChI is InChI=1S/C45H28N4S/c1-3-14-29(15-4-1)43-46-44(30-16-5-2-6-17-30)48-45(47-43)49-39-26-9-7-20-35(39)37-24-12-22-33(41(37)49)31-18-11-19-32(28-31)34-23-13-25-38-36-21-8-10-27-40(36)50-42(34)38/h1-28H. The summed E-state index contributed by atoms with van der Waals surface area (Å²) < 4.78 is 4.84. The number of nitrogens with zero attached hydrogens (tertiary/aromatic N) is 4. The SMILES string of the molecule is c1ccc(-c2nc(-c3ccccc3)nc(-n3c4ccccc4c4cccc(-c5cccc(-c6cccc7c6sc6ccccc67)c5)c43)n2)cc1. The van der Waals surface area contributed by atoms with Crippen molar-refractivity contribution in [3.63, 3.8) is 0 Å². The highest BCUT2D eigenvalue weighted by Gasteiger charge is 2.21. The van der Waals surface area contributed by atoms with Crippen molar-refractivity contribution in [2.75, 3.05) is 0 Å². The molecule has 3 aromatic heterocycles. The summed E-state index contributed by atoms with van der Waals surface area (Å²) in [5.74, 6) is 1.86. The molecule has 0 atom stereocenters. The van der Waals surface area contributed by atoms with Crippen molar-refractivity contribution in [2.24, 2.45) is 0 Å². The monoisotopic (exact) mass is 656 g/mol. The van der Waals surface area contributed by atoms with E-state index in [2.05, 4.69) is 114 Å². The highest BCUT2D eigenvalue weighted by atomic mass is 32.1. The number of rotatable bonds is 5. The zero-order chi connectivity index (χ0) is 33.0. The summed E-state index contributed by atoms with van der Waals surface area (Å²) in [6.45, 7) is 0. The Hall–Kier alpha value is -6.43. The molecule has 0 aliphatic rings. The molecule has 0 amide bonds. The molecule has 0 spiro atoms. The minimum atomic E-state index is 0.586. The van der Waals surface area contributed by atoms with E-state index in [1.54, 1.807) is 0 Å². The Morgan fingerprint density at radius 2 is 0.940 bits per heavy atom. The zero-order valence-corrected chi connectivity index (χ0v) is 27.7. The van der Waals surface area contributed by atoms with Gasteiger partial charge in [-0.1, -0.05) is 152 Å². The first-order valence-corrected chi connectivity index (χ1v) is 17.5. The Morgan fingerprint density at radius 3 is 1.68 bits per heavy atom. The van der Waals surface area contributed by atoms with Crippen molar-refractivity contribution in [3.8, 4) is 51.0 Å². The molecule has 0 unspecified atom stereocenters. The molecule has 234 valence electrons. The molecule has 0 bridgehead atoms. The first-order valence-electron chi connectivity index (χ1n) is 16.7. The fraction of sp³-hybridized carbons (Fsp3) is 0. The maximum atomic E-state index is 5.17. The van der Waals surface area contributed by atoms with Gasteiger partial charge in [-0.15, -0.1) is 11.3 Å². The first-order chi connectivity index (χ1) is 24.8. The van der Waals surface area contributed by atoms with Crippen molar-refractivity contribution >= 4 is 53.3 Å². The van der Waals surface area contributed by atoms with Crippen LogP contribution in [0.25, 0.3) is 93.0 Å². The molecule has 0 fully saturated rings. The average molecular weight is 657 g/mol. The van der Waals surface area contributed by atoms with E-state index < -0.39 is 0 Å². The highest BCUT2D eigenvalue weighted by Crippen LogP contribution is 2.42. The van der Waals surface area contributed by atoms with Gasteiger partial charge in [0.15, 0.2) is 11.6 Å². The van der Waals surface area contributed by atoms with E-state index in [0.717, 1.165) is 44.1 Å². The van der Waals surface area contributed by atoms with Gasteiger partial charge >= 0.3 is 0 Å². The van der Waals surface area contributed by atoms with Gasteiger partial charge in [0.2, 0.25) is 5.95 Å². The fourth-order valence-corrected chi connectivity index (χ4v) is 8.42. The Morgan fingerprint density at radius 1 is 0.400 bits per heavy atom. The van der Waals surface area contributed by atoms with Crippen molar-refractivity contribution in [2.45, 2.75) is 0 Å². The maximum Gasteiger partial charge on any atom is 0.238 e. The predicted octanol–water partition coefficient (Wildman–Crippen LogP) is 12.0. The van der Waals surface area contributed by atoms with Crippen LogP contribution < -0.4 is 0 Å². The van der Waals surface area contributed by atoms with Crippen LogP contribution in [0.3, 0.4) is 0 Å². The maximum absolute atomic E-state index is 5.17. The number of para-hydroxylation sites is 2. The Kier molecular flexibility index (Phi) is 6.64. The molecule has 0 radical (unpaired) electrons. The minimum absolute atomic E-state index is 0.586. The van der Waals surface area contributed by atoms with Gasteiger partial charge in [-0.2, -0.15) is 9.97 Å². The molecule has 10 aromatic rings. The summed E-state index contributed by atoms with van der Waals surface area (Å²) in [5, 5.41) is 4.91. The van der Waals surface area contributed by atoms with Gasteiger partial charge in [-0.05, 0) is 34.9 Å². The molecule has 0 aliphatic heterocycles. The lowest BCUT2D eigenvalue weighted by atomic mass is 9.96. The van der Waals surface area contributed by atoms with Crippen LogP contribution in [0.5, 0.6) is 0 Å². The smallest absolute Gasteiger partial charge is 0.238 e. The predicted molar refractivity (Wildman–Crippen MR) is 209 cm³/mol. The molecular weight excluding hydrogens is 629 g/mol. The van der Waals surface area contributed by atoms with Crippen molar-refractivity contribution in [1.29, 1.82) is 0 Å². The molecule has 7 aromatic carbocycles. The van der Waals surface area contributed by atoms with Gasteiger partial charge in [0.25, 0.3) is 0 Å². The first kappa shape index (κ1) is 28.6. The lowest BCUT2D eigenvalue weighted by molar-refractivity contribution is 0.954. The quantitative estimate of drug-likeness (QED) is 0.185. The number of thiophene rings is 1. The van der Waals surface area contributed by atoms with Gasteiger partial charge in [0, 0.05) is 47.6 Å². The second kappa shape index (κ2) is 11.6. The van der Waals surface area contributed by atoms with Crippen molar-refractivity contribution in [1.82, 2.24) is 19.5 Å². The number of hydrogen-bond donors (Lipinski definition) is 0. The third kappa shape index (κ3) is 4.63. The van der Waals surface area contributed by atoms with Crippen LogP contribution in [-0.4, -0.2) is 19.5 Å². The number of hydrogen-bond acceptors (Lipinski definition) is 4.